The Morgan fingerprint density at radius 2 is 2.00 bits per heavy atom. The maximum Gasteiger partial charge on any atom is 0.126 e. The molecule has 94 valence electrons. The van der Waals surface area contributed by atoms with Gasteiger partial charge in [-0.15, -0.1) is 0 Å². The van der Waals surface area contributed by atoms with Crippen molar-refractivity contribution in [3.63, 3.8) is 0 Å². The fraction of sp³-hybridized carbons (Fsp3) is 0.600. The van der Waals surface area contributed by atoms with Crippen LogP contribution in [0.1, 0.15) is 44.6 Å². The predicted molar refractivity (Wildman–Crippen MR) is 69.6 cm³/mol. The highest BCUT2D eigenvalue weighted by atomic mass is 19.1. The molecule has 2 heteroatoms. The number of nitrogens with one attached hydrogen (secondary N) is 1. The minimum atomic E-state index is -0.0595. The van der Waals surface area contributed by atoms with Crippen LogP contribution in [0.3, 0.4) is 0 Å². The largest absolute Gasteiger partial charge is 0.313 e. The maximum atomic E-state index is 13.8. The first kappa shape index (κ1) is 12.6. The summed E-state index contributed by atoms with van der Waals surface area (Å²) in [7, 11) is 0. The lowest BCUT2D eigenvalue weighted by atomic mass is 9.90. The molecule has 0 bridgehead atoms. The maximum absolute atomic E-state index is 13.8. The van der Waals surface area contributed by atoms with Crippen LogP contribution in [-0.4, -0.2) is 12.6 Å². The van der Waals surface area contributed by atoms with Crippen LogP contribution in [0.25, 0.3) is 0 Å². The Hall–Kier alpha value is -0.890. The van der Waals surface area contributed by atoms with Gasteiger partial charge in [0.2, 0.25) is 0 Å². The Morgan fingerprint density at radius 1 is 1.29 bits per heavy atom. The smallest absolute Gasteiger partial charge is 0.126 e. The molecule has 0 aromatic heterocycles. The predicted octanol–water partition coefficient (Wildman–Crippen LogP) is 3.71. The van der Waals surface area contributed by atoms with Crippen LogP contribution >= 0.6 is 0 Å². The first-order valence-corrected chi connectivity index (χ1v) is 6.64. The van der Waals surface area contributed by atoms with Gasteiger partial charge in [0, 0.05) is 12.6 Å². The molecule has 1 atom stereocenters. The standard InChI is InChI=1S/C15H22FN/c1-11(2)9-12(10-17-13-7-8-13)14-5-3-4-6-15(14)16/h3-6,11-13,17H,7-10H2,1-2H3. The summed E-state index contributed by atoms with van der Waals surface area (Å²) in [5, 5.41) is 3.52. The summed E-state index contributed by atoms with van der Waals surface area (Å²) in [6.45, 7) is 5.31. The van der Waals surface area contributed by atoms with Gasteiger partial charge < -0.3 is 5.32 Å². The number of halogens is 1. The fourth-order valence-electron chi connectivity index (χ4n) is 2.29. The average Bonchev–Trinajstić information content (AvgIpc) is 3.08. The molecular weight excluding hydrogens is 213 g/mol. The highest BCUT2D eigenvalue weighted by molar-refractivity contribution is 5.22. The zero-order valence-electron chi connectivity index (χ0n) is 10.7. The molecule has 1 aromatic rings. The lowest BCUT2D eigenvalue weighted by Gasteiger charge is -2.20. The summed E-state index contributed by atoms with van der Waals surface area (Å²) in [4.78, 5) is 0. The van der Waals surface area contributed by atoms with Gasteiger partial charge in [0.1, 0.15) is 5.82 Å². The van der Waals surface area contributed by atoms with Gasteiger partial charge >= 0.3 is 0 Å². The van der Waals surface area contributed by atoms with Crippen molar-refractivity contribution in [3.8, 4) is 0 Å². The molecule has 1 aromatic carbocycles. The fourth-order valence-corrected chi connectivity index (χ4v) is 2.29. The second kappa shape index (κ2) is 5.63. The second-order valence-corrected chi connectivity index (χ2v) is 5.53. The van der Waals surface area contributed by atoms with Crippen molar-refractivity contribution < 1.29 is 4.39 Å². The molecule has 1 nitrogen and oxygen atoms in total. The molecule has 0 spiro atoms. The van der Waals surface area contributed by atoms with Crippen molar-refractivity contribution in [2.75, 3.05) is 6.54 Å². The summed E-state index contributed by atoms with van der Waals surface area (Å²) in [6, 6.07) is 7.88. The van der Waals surface area contributed by atoms with E-state index in [2.05, 4.69) is 19.2 Å². The van der Waals surface area contributed by atoms with E-state index in [1.54, 1.807) is 12.1 Å². The molecule has 1 N–H and O–H groups in total. The van der Waals surface area contributed by atoms with Gasteiger partial charge in [0.25, 0.3) is 0 Å². The summed E-state index contributed by atoms with van der Waals surface area (Å²) in [5.41, 5.74) is 0.870. The van der Waals surface area contributed by atoms with Crippen LogP contribution < -0.4 is 5.32 Å². The Balaban J connectivity index is 2.04. The lowest BCUT2D eigenvalue weighted by molar-refractivity contribution is 0.453. The molecule has 0 amide bonds. The normalized spacial score (nSPS) is 17.4. The SMILES string of the molecule is CC(C)CC(CNC1CC1)c1ccccc1F. The highest BCUT2D eigenvalue weighted by Gasteiger charge is 2.23. The van der Waals surface area contributed by atoms with E-state index < -0.39 is 0 Å². The second-order valence-electron chi connectivity index (χ2n) is 5.53. The molecule has 0 aliphatic heterocycles. The number of rotatable bonds is 6. The van der Waals surface area contributed by atoms with E-state index in [1.165, 1.54) is 12.8 Å². The van der Waals surface area contributed by atoms with E-state index in [9.17, 15) is 4.39 Å². The molecule has 2 rings (SSSR count). The molecule has 1 saturated carbocycles. The van der Waals surface area contributed by atoms with Crippen molar-refractivity contribution in [3.05, 3.63) is 35.6 Å². The zero-order valence-corrected chi connectivity index (χ0v) is 10.7. The van der Waals surface area contributed by atoms with Crippen molar-refractivity contribution >= 4 is 0 Å². The molecule has 1 aliphatic rings. The molecule has 0 saturated heterocycles. The summed E-state index contributed by atoms with van der Waals surface area (Å²) < 4.78 is 13.8. The Morgan fingerprint density at radius 3 is 2.59 bits per heavy atom. The van der Waals surface area contributed by atoms with E-state index >= 15 is 0 Å². The van der Waals surface area contributed by atoms with Gasteiger partial charge in [-0.2, -0.15) is 0 Å². The van der Waals surface area contributed by atoms with Crippen LogP contribution in [0.5, 0.6) is 0 Å². The summed E-state index contributed by atoms with van der Waals surface area (Å²) in [6.07, 6.45) is 3.61. The Labute approximate surface area is 103 Å². The van der Waals surface area contributed by atoms with Gasteiger partial charge in [0.05, 0.1) is 0 Å². The monoisotopic (exact) mass is 235 g/mol. The quantitative estimate of drug-likeness (QED) is 0.792. The van der Waals surface area contributed by atoms with E-state index in [4.69, 9.17) is 0 Å². The van der Waals surface area contributed by atoms with Crippen molar-refractivity contribution in [1.82, 2.24) is 5.32 Å². The van der Waals surface area contributed by atoms with Gasteiger partial charge in [-0.3, -0.25) is 0 Å². The van der Waals surface area contributed by atoms with Crippen molar-refractivity contribution in [1.29, 1.82) is 0 Å². The van der Waals surface area contributed by atoms with Gasteiger partial charge in [0.15, 0.2) is 0 Å². The van der Waals surface area contributed by atoms with Gasteiger partial charge in [-0.1, -0.05) is 32.0 Å². The molecule has 17 heavy (non-hydrogen) atoms. The molecule has 0 heterocycles. The summed E-state index contributed by atoms with van der Waals surface area (Å²) >= 11 is 0. The highest BCUT2D eigenvalue weighted by Crippen LogP contribution is 2.27. The van der Waals surface area contributed by atoms with E-state index in [1.807, 2.05) is 12.1 Å². The first-order valence-electron chi connectivity index (χ1n) is 6.64. The molecule has 1 aliphatic carbocycles. The Kier molecular flexibility index (Phi) is 4.16. The number of hydrogen-bond donors (Lipinski definition) is 1. The van der Waals surface area contributed by atoms with E-state index in [0.29, 0.717) is 17.9 Å². The van der Waals surface area contributed by atoms with Crippen molar-refractivity contribution in [2.45, 2.75) is 45.1 Å². The third kappa shape index (κ3) is 3.81. The van der Waals surface area contributed by atoms with Crippen LogP contribution in [0.15, 0.2) is 24.3 Å². The number of benzene rings is 1. The first-order chi connectivity index (χ1) is 8.16. The summed E-state index contributed by atoms with van der Waals surface area (Å²) in [5.74, 6) is 0.841. The zero-order chi connectivity index (χ0) is 12.3. The topological polar surface area (TPSA) is 12.0 Å². The lowest BCUT2D eigenvalue weighted by Crippen LogP contribution is -2.25. The van der Waals surface area contributed by atoms with E-state index in [0.717, 1.165) is 18.5 Å². The third-order valence-corrected chi connectivity index (χ3v) is 3.33. The Bertz CT molecular complexity index is 358. The minimum absolute atomic E-state index is 0.0595. The number of hydrogen-bond acceptors (Lipinski definition) is 1. The van der Waals surface area contributed by atoms with Crippen LogP contribution in [-0.2, 0) is 0 Å². The van der Waals surface area contributed by atoms with Gasteiger partial charge in [-0.25, -0.2) is 4.39 Å². The molecular formula is C15H22FN. The third-order valence-electron chi connectivity index (χ3n) is 3.33. The molecule has 0 radical (unpaired) electrons. The van der Waals surface area contributed by atoms with Gasteiger partial charge in [-0.05, 0) is 42.7 Å². The van der Waals surface area contributed by atoms with Crippen LogP contribution in [0.2, 0.25) is 0 Å². The van der Waals surface area contributed by atoms with E-state index in [-0.39, 0.29) is 5.82 Å². The molecule has 1 unspecified atom stereocenters. The van der Waals surface area contributed by atoms with Crippen molar-refractivity contribution in [2.24, 2.45) is 5.92 Å². The minimum Gasteiger partial charge on any atom is -0.313 e. The average molecular weight is 235 g/mol. The molecule has 1 fully saturated rings. The van der Waals surface area contributed by atoms with Crippen LogP contribution in [0.4, 0.5) is 4.39 Å². The van der Waals surface area contributed by atoms with Crippen LogP contribution in [0, 0.1) is 11.7 Å².